The molecule has 0 fully saturated rings. The van der Waals surface area contributed by atoms with Gasteiger partial charge in [-0.15, -0.1) is 0 Å². The third kappa shape index (κ3) is 2.22. The van der Waals surface area contributed by atoms with Gasteiger partial charge in [0, 0.05) is 5.69 Å². The molecule has 0 radical (unpaired) electrons. The highest BCUT2D eigenvalue weighted by Crippen LogP contribution is 2.26. The summed E-state index contributed by atoms with van der Waals surface area (Å²) in [4.78, 5) is 8.70. The fourth-order valence-corrected chi connectivity index (χ4v) is 2.15. The Hall–Kier alpha value is -2.43. The van der Waals surface area contributed by atoms with Crippen molar-refractivity contribution in [3.8, 4) is 0 Å². The first-order valence-corrected chi connectivity index (χ1v) is 6.64. The first-order valence-electron chi connectivity index (χ1n) is 6.64. The second-order valence-electron chi connectivity index (χ2n) is 4.74. The molecule has 5 nitrogen and oxygen atoms in total. The third-order valence-electron chi connectivity index (χ3n) is 3.24. The van der Waals surface area contributed by atoms with E-state index >= 15 is 0 Å². The highest BCUT2D eigenvalue weighted by Gasteiger charge is 2.13. The molecule has 3 aromatic rings. The molecule has 0 bridgehead atoms. The van der Waals surface area contributed by atoms with Gasteiger partial charge in [-0.3, -0.25) is 0 Å². The zero-order valence-electron chi connectivity index (χ0n) is 11.8. The van der Waals surface area contributed by atoms with E-state index in [9.17, 15) is 0 Å². The molecule has 2 aromatic heterocycles. The zero-order valence-corrected chi connectivity index (χ0v) is 11.8. The number of rotatable bonds is 3. The van der Waals surface area contributed by atoms with Crippen molar-refractivity contribution >= 4 is 22.6 Å². The molecule has 1 N–H and O–H groups in total. The SMILES string of the molecule is CCc1ccc(Nc2nc(C)nc3onc(C)c23)cc1. The smallest absolute Gasteiger partial charge is 0.263 e. The summed E-state index contributed by atoms with van der Waals surface area (Å²) in [6.07, 6.45) is 1.03. The minimum absolute atomic E-state index is 0.516. The number of nitrogens with zero attached hydrogens (tertiary/aromatic N) is 3. The number of aryl methyl sites for hydroxylation is 3. The van der Waals surface area contributed by atoms with Crippen LogP contribution in [0.4, 0.5) is 11.5 Å². The molecule has 0 saturated heterocycles. The van der Waals surface area contributed by atoms with Crippen LogP contribution in [0.3, 0.4) is 0 Å². The second kappa shape index (κ2) is 4.92. The van der Waals surface area contributed by atoms with Crippen LogP contribution in [-0.4, -0.2) is 15.1 Å². The van der Waals surface area contributed by atoms with E-state index in [-0.39, 0.29) is 0 Å². The van der Waals surface area contributed by atoms with Gasteiger partial charge in [0.15, 0.2) is 0 Å². The molecule has 3 rings (SSSR count). The predicted octanol–water partition coefficient (Wildman–Crippen LogP) is 3.54. The van der Waals surface area contributed by atoms with Gasteiger partial charge < -0.3 is 9.84 Å². The average Bonchev–Trinajstić information content (AvgIpc) is 2.81. The Morgan fingerprint density at radius 1 is 1.10 bits per heavy atom. The fourth-order valence-electron chi connectivity index (χ4n) is 2.15. The fraction of sp³-hybridized carbons (Fsp3) is 0.267. The monoisotopic (exact) mass is 268 g/mol. The van der Waals surface area contributed by atoms with Crippen molar-refractivity contribution in [2.45, 2.75) is 27.2 Å². The van der Waals surface area contributed by atoms with E-state index in [2.05, 4.69) is 39.5 Å². The number of hydrogen-bond acceptors (Lipinski definition) is 5. The summed E-state index contributed by atoms with van der Waals surface area (Å²) in [5.74, 6) is 1.39. The van der Waals surface area contributed by atoms with Crippen LogP contribution in [-0.2, 0) is 6.42 Å². The van der Waals surface area contributed by atoms with Gasteiger partial charge in [0.2, 0.25) is 0 Å². The second-order valence-corrected chi connectivity index (χ2v) is 4.74. The van der Waals surface area contributed by atoms with Crippen molar-refractivity contribution in [3.05, 3.63) is 41.3 Å². The van der Waals surface area contributed by atoms with Crippen LogP contribution in [0.5, 0.6) is 0 Å². The average molecular weight is 268 g/mol. The molecule has 0 aliphatic heterocycles. The van der Waals surface area contributed by atoms with Crippen LogP contribution in [0, 0.1) is 13.8 Å². The van der Waals surface area contributed by atoms with Crippen molar-refractivity contribution in [1.29, 1.82) is 0 Å². The lowest BCUT2D eigenvalue weighted by Crippen LogP contribution is -1.98. The number of hydrogen-bond donors (Lipinski definition) is 1. The van der Waals surface area contributed by atoms with Crippen LogP contribution in [0.1, 0.15) is 24.0 Å². The van der Waals surface area contributed by atoms with Crippen molar-refractivity contribution < 1.29 is 4.52 Å². The molecule has 2 heterocycles. The highest BCUT2D eigenvalue weighted by molar-refractivity contribution is 5.89. The van der Waals surface area contributed by atoms with Crippen LogP contribution in [0.2, 0.25) is 0 Å². The first-order chi connectivity index (χ1) is 9.67. The van der Waals surface area contributed by atoms with E-state index < -0.39 is 0 Å². The van der Waals surface area contributed by atoms with E-state index in [1.165, 1.54) is 5.56 Å². The van der Waals surface area contributed by atoms with Gasteiger partial charge in [-0.05, 0) is 38.0 Å². The van der Waals surface area contributed by atoms with E-state index in [1.54, 1.807) is 0 Å². The Bertz CT molecular complexity index is 746. The van der Waals surface area contributed by atoms with Crippen molar-refractivity contribution in [1.82, 2.24) is 15.1 Å². The maximum absolute atomic E-state index is 5.20. The predicted molar refractivity (Wildman–Crippen MR) is 78.2 cm³/mol. The molecule has 0 spiro atoms. The Morgan fingerprint density at radius 3 is 2.55 bits per heavy atom. The largest absolute Gasteiger partial charge is 0.339 e. The minimum atomic E-state index is 0.516. The summed E-state index contributed by atoms with van der Waals surface area (Å²) in [5, 5.41) is 8.09. The Morgan fingerprint density at radius 2 is 1.85 bits per heavy atom. The third-order valence-corrected chi connectivity index (χ3v) is 3.24. The molecule has 102 valence electrons. The van der Waals surface area contributed by atoms with E-state index in [0.29, 0.717) is 11.5 Å². The Balaban J connectivity index is 2.02. The molecule has 1 aromatic carbocycles. The molecule has 0 aliphatic rings. The van der Waals surface area contributed by atoms with E-state index in [1.807, 2.05) is 26.0 Å². The topological polar surface area (TPSA) is 63.8 Å². The molecule has 0 unspecified atom stereocenters. The number of anilines is 2. The molecule has 0 atom stereocenters. The molecule has 0 aliphatic carbocycles. The van der Waals surface area contributed by atoms with Crippen molar-refractivity contribution in [2.75, 3.05) is 5.32 Å². The van der Waals surface area contributed by atoms with Crippen LogP contribution in [0.25, 0.3) is 11.1 Å². The zero-order chi connectivity index (χ0) is 14.1. The number of aromatic nitrogens is 3. The summed E-state index contributed by atoms with van der Waals surface area (Å²) >= 11 is 0. The number of benzene rings is 1. The molecular formula is C15H16N4O. The molecule has 5 heteroatoms. The van der Waals surface area contributed by atoms with Crippen LogP contribution >= 0.6 is 0 Å². The molecule has 20 heavy (non-hydrogen) atoms. The molecule has 0 amide bonds. The lowest BCUT2D eigenvalue weighted by Gasteiger charge is -2.08. The normalized spacial score (nSPS) is 10.9. The Labute approximate surface area is 117 Å². The summed E-state index contributed by atoms with van der Waals surface area (Å²) in [7, 11) is 0. The number of fused-ring (bicyclic) bond motifs is 1. The van der Waals surface area contributed by atoms with Crippen molar-refractivity contribution in [2.24, 2.45) is 0 Å². The van der Waals surface area contributed by atoms with Gasteiger partial charge in [-0.2, -0.15) is 4.98 Å². The lowest BCUT2D eigenvalue weighted by molar-refractivity contribution is 0.442. The lowest BCUT2D eigenvalue weighted by atomic mass is 10.1. The van der Waals surface area contributed by atoms with Crippen molar-refractivity contribution in [3.63, 3.8) is 0 Å². The summed E-state index contributed by atoms with van der Waals surface area (Å²) < 4.78 is 5.20. The van der Waals surface area contributed by atoms with Crippen LogP contribution < -0.4 is 5.32 Å². The van der Waals surface area contributed by atoms with Gasteiger partial charge in [-0.1, -0.05) is 24.2 Å². The highest BCUT2D eigenvalue weighted by atomic mass is 16.5. The quantitative estimate of drug-likeness (QED) is 0.787. The molecular weight excluding hydrogens is 252 g/mol. The Kier molecular flexibility index (Phi) is 3.10. The van der Waals surface area contributed by atoms with Gasteiger partial charge in [-0.25, -0.2) is 4.98 Å². The van der Waals surface area contributed by atoms with Gasteiger partial charge in [0.05, 0.1) is 5.69 Å². The maximum Gasteiger partial charge on any atom is 0.263 e. The van der Waals surface area contributed by atoms with Gasteiger partial charge >= 0.3 is 0 Å². The minimum Gasteiger partial charge on any atom is -0.339 e. The number of nitrogens with one attached hydrogen (secondary N) is 1. The maximum atomic E-state index is 5.20. The summed E-state index contributed by atoms with van der Waals surface area (Å²) in [6, 6.07) is 8.30. The van der Waals surface area contributed by atoms with Gasteiger partial charge in [0.25, 0.3) is 5.71 Å². The summed E-state index contributed by atoms with van der Waals surface area (Å²) in [6.45, 7) is 5.86. The first kappa shape index (κ1) is 12.6. The molecule has 0 saturated carbocycles. The van der Waals surface area contributed by atoms with Gasteiger partial charge in [0.1, 0.15) is 17.0 Å². The summed E-state index contributed by atoms with van der Waals surface area (Å²) in [5.41, 5.74) is 3.60. The standard InChI is InChI=1S/C15H16N4O/c1-4-11-5-7-12(8-6-11)18-14-13-9(2)19-20-15(13)17-10(3)16-14/h5-8H,4H2,1-3H3,(H,16,17,18). The van der Waals surface area contributed by atoms with E-state index in [0.717, 1.165) is 29.0 Å². The van der Waals surface area contributed by atoms with Crippen LogP contribution in [0.15, 0.2) is 28.8 Å². The van der Waals surface area contributed by atoms with E-state index in [4.69, 9.17) is 4.52 Å².